The smallest absolute Gasteiger partial charge is 0.328 e. The molecule has 0 saturated carbocycles. The predicted octanol–water partition coefficient (Wildman–Crippen LogP) is 3.23. The third kappa shape index (κ3) is 4.04. The Morgan fingerprint density at radius 1 is 1.24 bits per heavy atom. The van der Waals surface area contributed by atoms with E-state index in [1.165, 1.54) is 0 Å². The summed E-state index contributed by atoms with van der Waals surface area (Å²) in [6.45, 7) is 4.69. The van der Waals surface area contributed by atoms with Crippen LogP contribution in [0.4, 0.5) is 11.9 Å². The first-order chi connectivity index (χ1) is 9.99. The molecule has 1 aromatic carbocycles. The van der Waals surface area contributed by atoms with Gasteiger partial charge in [-0.3, -0.25) is 0 Å². The molecule has 1 heterocycles. The Labute approximate surface area is 132 Å². The van der Waals surface area contributed by atoms with Gasteiger partial charge in [-0.1, -0.05) is 22.0 Å². The van der Waals surface area contributed by atoms with Crippen molar-refractivity contribution in [1.29, 1.82) is 0 Å². The third-order valence-electron chi connectivity index (χ3n) is 2.69. The maximum Gasteiger partial charge on any atom is 0.328 e. The molecule has 6 nitrogen and oxygen atoms in total. The molecule has 0 aliphatic carbocycles. The lowest BCUT2D eigenvalue weighted by Crippen LogP contribution is -2.15. The van der Waals surface area contributed by atoms with Crippen LogP contribution in [-0.4, -0.2) is 35.6 Å². The SMILES string of the molecule is CCNc1nc(Oc2cc(Br)ccc2C)nc(N(C)C)n1. The van der Waals surface area contributed by atoms with Gasteiger partial charge in [-0.25, -0.2) is 0 Å². The summed E-state index contributed by atoms with van der Waals surface area (Å²) in [5.41, 5.74) is 1.01. The van der Waals surface area contributed by atoms with E-state index in [-0.39, 0.29) is 6.01 Å². The second-order valence-corrected chi connectivity index (χ2v) is 5.59. The van der Waals surface area contributed by atoms with Crippen LogP contribution in [0.15, 0.2) is 22.7 Å². The van der Waals surface area contributed by atoms with Crippen molar-refractivity contribution < 1.29 is 4.74 Å². The molecular weight excluding hydrogens is 334 g/mol. The topological polar surface area (TPSA) is 63.2 Å². The zero-order valence-corrected chi connectivity index (χ0v) is 14.1. The minimum Gasteiger partial charge on any atom is -0.424 e. The van der Waals surface area contributed by atoms with Gasteiger partial charge in [-0.05, 0) is 31.5 Å². The van der Waals surface area contributed by atoms with Gasteiger partial charge in [0.05, 0.1) is 0 Å². The van der Waals surface area contributed by atoms with E-state index in [9.17, 15) is 0 Å². The summed E-state index contributed by atoms with van der Waals surface area (Å²) in [5, 5.41) is 3.08. The summed E-state index contributed by atoms with van der Waals surface area (Å²) in [6, 6.07) is 6.09. The van der Waals surface area contributed by atoms with Crippen molar-refractivity contribution in [3.8, 4) is 11.8 Å². The summed E-state index contributed by atoms with van der Waals surface area (Å²) in [4.78, 5) is 14.7. The Morgan fingerprint density at radius 2 is 2.00 bits per heavy atom. The van der Waals surface area contributed by atoms with Crippen LogP contribution in [0.2, 0.25) is 0 Å². The minimum absolute atomic E-state index is 0.269. The summed E-state index contributed by atoms with van der Waals surface area (Å²) in [5.74, 6) is 1.75. The molecule has 7 heteroatoms. The first-order valence-corrected chi connectivity index (χ1v) is 7.40. The summed E-state index contributed by atoms with van der Waals surface area (Å²) in [6.07, 6.45) is 0. The van der Waals surface area contributed by atoms with Gasteiger partial charge < -0.3 is 15.0 Å². The maximum atomic E-state index is 5.81. The van der Waals surface area contributed by atoms with Crippen LogP contribution in [0.1, 0.15) is 12.5 Å². The molecule has 0 amide bonds. The van der Waals surface area contributed by atoms with Crippen molar-refractivity contribution >= 4 is 27.8 Å². The van der Waals surface area contributed by atoms with Crippen molar-refractivity contribution in [1.82, 2.24) is 15.0 Å². The van der Waals surface area contributed by atoms with E-state index in [0.29, 0.717) is 17.6 Å². The summed E-state index contributed by atoms with van der Waals surface area (Å²) < 4.78 is 6.75. The molecule has 2 aromatic rings. The predicted molar refractivity (Wildman–Crippen MR) is 87.3 cm³/mol. The number of aryl methyl sites for hydroxylation is 1. The van der Waals surface area contributed by atoms with Crippen LogP contribution >= 0.6 is 15.9 Å². The molecule has 0 bridgehead atoms. The minimum atomic E-state index is 0.269. The molecule has 0 atom stereocenters. The molecule has 0 unspecified atom stereocenters. The molecule has 112 valence electrons. The van der Waals surface area contributed by atoms with Gasteiger partial charge in [0.15, 0.2) is 0 Å². The highest BCUT2D eigenvalue weighted by Gasteiger charge is 2.11. The number of hydrogen-bond acceptors (Lipinski definition) is 6. The Kier molecular flexibility index (Phi) is 4.95. The zero-order valence-electron chi connectivity index (χ0n) is 12.5. The Hall–Kier alpha value is -1.89. The van der Waals surface area contributed by atoms with Gasteiger partial charge in [-0.2, -0.15) is 15.0 Å². The van der Waals surface area contributed by atoms with Gasteiger partial charge >= 0.3 is 6.01 Å². The van der Waals surface area contributed by atoms with Crippen molar-refractivity contribution in [3.05, 3.63) is 28.2 Å². The second kappa shape index (κ2) is 6.71. The van der Waals surface area contributed by atoms with E-state index < -0.39 is 0 Å². The molecule has 2 rings (SSSR count). The molecular formula is C14H18BrN5O. The van der Waals surface area contributed by atoms with Gasteiger partial charge in [0.1, 0.15) is 5.75 Å². The number of aromatic nitrogens is 3. The van der Waals surface area contributed by atoms with Crippen molar-refractivity contribution in [2.45, 2.75) is 13.8 Å². The van der Waals surface area contributed by atoms with Crippen LogP contribution in [0.5, 0.6) is 11.8 Å². The fourth-order valence-corrected chi connectivity index (χ4v) is 1.95. The van der Waals surface area contributed by atoms with Gasteiger partial charge in [0.2, 0.25) is 11.9 Å². The largest absolute Gasteiger partial charge is 0.424 e. The number of ether oxygens (including phenoxy) is 1. The fraction of sp³-hybridized carbons (Fsp3) is 0.357. The van der Waals surface area contributed by atoms with Gasteiger partial charge in [0.25, 0.3) is 0 Å². The van der Waals surface area contributed by atoms with E-state index in [0.717, 1.165) is 16.6 Å². The number of rotatable bonds is 5. The summed E-state index contributed by atoms with van der Waals surface area (Å²) >= 11 is 3.43. The average molecular weight is 352 g/mol. The lowest BCUT2D eigenvalue weighted by Gasteiger charge is -2.14. The maximum absolute atomic E-state index is 5.81. The van der Waals surface area contributed by atoms with E-state index in [4.69, 9.17) is 4.74 Å². The van der Waals surface area contributed by atoms with Crippen LogP contribution in [0, 0.1) is 6.92 Å². The number of halogens is 1. The Morgan fingerprint density at radius 3 is 2.67 bits per heavy atom. The highest BCUT2D eigenvalue weighted by molar-refractivity contribution is 9.10. The number of anilines is 2. The summed E-state index contributed by atoms with van der Waals surface area (Å²) in [7, 11) is 3.75. The molecule has 21 heavy (non-hydrogen) atoms. The number of nitrogens with one attached hydrogen (secondary N) is 1. The molecule has 0 saturated heterocycles. The molecule has 1 aromatic heterocycles. The van der Waals surface area contributed by atoms with Crippen LogP contribution in [0.3, 0.4) is 0 Å². The highest BCUT2D eigenvalue weighted by Crippen LogP contribution is 2.27. The molecule has 0 aliphatic heterocycles. The number of benzene rings is 1. The molecule has 0 radical (unpaired) electrons. The molecule has 0 aliphatic rings. The van der Waals surface area contributed by atoms with E-state index in [1.54, 1.807) is 0 Å². The van der Waals surface area contributed by atoms with Crippen LogP contribution < -0.4 is 15.0 Å². The highest BCUT2D eigenvalue weighted by atomic mass is 79.9. The molecule has 1 N–H and O–H groups in total. The first-order valence-electron chi connectivity index (χ1n) is 6.61. The monoisotopic (exact) mass is 351 g/mol. The quantitative estimate of drug-likeness (QED) is 0.891. The number of nitrogens with zero attached hydrogens (tertiary/aromatic N) is 4. The standard InChI is InChI=1S/C14H18BrN5O/c1-5-16-12-17-13(20(3)4)19-14(18-12)21-11-8-10(15)7-6-9(11)2/h6-8H,5H2,1-4H3,(H,16,17,18,19). The fourth-order valence-electron chi connectivity index (χ4n) is 1.61. The van der Waals surface area contributed by atoms with Crippen molar-refractivity contribution in [2.75, 3.05) is 30.9 Å². The van der Waals surface area contributed by atoms with Gasteiger partial charge in [-0.15, -0.1) is 0 Å². The Bertz CT molecular complexity index is 633. The van der Waals surface area contributed by atoms with E-state index >= 15 is 0 Å². The Balaban J connectivity index is 2.36. The third-order valence-corrected chi connectivity index (χ3v) is 3.18. The van der Waals surface area contributed by atoms with Crippen LogP contribution in [0.25, 0.3) is 0 Å². The van der Waals surface area contributed by atoms with E-state index in [1.807, 2.05) is 51.0 Å². The molecule has 0 spiro atoms. The number of hydrogen-bond donors (Lipinski definition) is 1. The normalized spacial score (nSPS) is 10.3. The van der Waals surface area contributed by atoms with Crippen molar-refractivity contribution in [2.24, 2.45) is 0 Å². The van der Waals surface area contributed by atoms with Crippen molar-refractivity contribution in [3.63, 3.8) is 0 Å². The lowest BCUT2D eigenvalue weighted by atomic mass is 10.2. The lowest BCUT2D eigenvalue weighted by molar-refractivity contribution is 0.437. The molecule has 0 fully saturated rings. The van der Waals surface area contributed by atoms with Gasteiger partial charge in [0, 0.05) is 25.1 Å². The average Bonchev–Trinajstić information content (AvgIpc) is 2.43. The zero-order chi connectivity index (χ0) is 15.4. The first kappa shape index (κ1) is 15.5. The second-order valence-electron chi connectivity index (χ2n) is 4.68. The van der Waals surface area contributed by atoms with Crippen LogP contribution in [-0.2, 0) is 0 Å². The van der Waals surface area contributed by atoms with E-state index in [2.05, 4.69) is 36.2 Å².